The van der Waals surface area contributed by atoms with Crippen LogP contribution in [0.4, 0.5) is 17.1 Å². The number of rotatable bonds is 19. The molecule has 0 N–H and O–H groups in total. The molecular formula is C57H64N2S. The quantitative estimate of drug-likeness (QED) is 0.0677. The van der Waals surface area contributed by atoms with Crippen LogP contribution in [0.15, 0.2) is 219 Å². The van der Waals surface area contributed by atoms with Crippen molar-refractivity contribution in [2.45, 2.75) is 74.1 Å². The van der Waals surface area contributed by atoms with E-state index in [2.05, 4.69) is 233 Å². The summed E-state index contributed by atoms with van der Waals surface area (Å²) < 4.78 is 0. The van der Waals surface area contributed by atoms with Crippen molar-refractivity contribution in [1.29, 1.82) is 0 Å². The third kappa shape index (κ3) is 10.1. The lowest BCUT2D eigenvalue weighted by molar-refractivity contribution is 0.443. The van der Waals surface area contributed by atoms with Crippen molar-refractivity contribution in [1.82, 2.24) is 0 Å². The van der Waals surface area contributed by atoms with Crippen molar-refractivity contribution < 1.29 is 0 Å². The van der Waals surface area contributed by atoms with Crippen LogP contribution in [0.25, 0.3) is 0 Å². The summed E-state index contributed by atoms with van der Waals surface area (Å²) in [5.74, 6) is 1.02. The predicted molar refractivity (Wildman–Crippen MR) is 266 cm³/mol. The predicted octanol–water partition coefficient (Wildman–Crippen LogP) is 15.2. The van der Waals surface area contributed by atoms with Gasteiger partial charge in [0.15, 0.2) is 0 Å². The van der Waals surface area contributed by atoms with Crippen LogP contribution in [-0.2, 0) is 5.41 Å². The maximum Gasteiger partial charge on any atom is 0.0591 e. The number of hydrogen-bond donors (Lipinski definition) is 0. The van der Waals surface area contributed by atoms with Gasteiger partial charge in [-0.05, 0) is 91.3 Å². The number of nitrogens with zero attached hydrogens (tertiary/aromatic N) is 2. The van der Waals surface area contributed by atoms with Gasteiger partial charge >= 0.3 is 0 Å². The molecule has 0 spiro atoms. The minimum Gasteiger partial charge on any atom is -0.358 e. The van der Waals surface area contributed by atoms with E-state index in [0.29, 0.717) is 11.8 Å². The Labute approximate surface area is 366 Å². The van der Waals surface area contributed by atoms with Crippen LogP contribution in [0.5, 0.6) is 0 Å². The fourth-order valence-corrected chi connectivity index (χ4v) is 10.2. The van der Waals surface area contributed by atoms with Gasteiger partial charge in [0.1, 0.15) is 0 Å². The van der Waals surface area contributed by atoms with Crippen molar-refractivity contribution in [3.63, 3.8) is 0 Å². The summed E-state index contributed by atoms with van der Waals surface area (Å²) in [6, 6.07) is 25.8. The zero-order chi connectivity index (χ0) is 42.3. The van der Waals surface area contributed by atoms with E-state index in [-0.39, 0.29) is 23.3 Å². The Kier molecular flexibility index (Phi) is 15.9. The molecule has 2 aliphatic carbocycles. The summed E-state index contributed by atoms with van der Waals surface area (Å²) >= 11 is 1.91. The Morgan fingerprint density at radius 1 is 0.733 bits per heavy atom. The minimum atomic E-state index is -0.475. The molecule has 6 atom stereocenters. The number of thioether (sulfide) groups is 1. The van der Waals surface area contributed by atoms with E-state index in [4.69, 9.17) is 0 Å². The van der Waals surface area contributed by atoms with E-state index in [1.54, 1.807) is 0 Å². The molecule has 3 heteroatoms. The second-order valence-electron chi connectivity index (χ2n) is 16.3. The molecule has 1 heterocycles. The monoisotopic (exact) mass is 808 g/mol. The molecule has 3 aromatic rings. The van der Waals surface area contributed by atoms with E-state index >= 15 is 0 Å². The molecule has 3 aliphatic rings. The molecule has 0 saturated heterocycles. The summed E-state index contributed by atoms with van der Waals surface area (Å²) in [6.07, 6.45) is 50.1. The summed E-state index contributed by atoms with van der Waals surface area (Å²) in [5.41, 5.74) is 7.22. The molecule has 0 fully saturated rings. The molecule has 0 saturated carbocycles. The highest BCUT2D eigenvalue weighted by atomic mass is 32.2. The van der Waals surface area contributed by atoms with Crippen LogP contribution in [0.3, 0.4) is 0 Å². The Bertz CT molecular complexity index is 2220. The van der Waals surface area contributed by atoms with E-state index in [1.807, 2.05) is 30.0 Å². The van der Waals surface area contributed by atoms with Crippen molar-refractivity contribution in [3.05, 3.63) is 231 Å². The SMILES string of the molecule is C=C/C=C\CC(/C=C\C=C)N(c1cccc(C2(C3C=CC=CC3)c3ccccc3N(C)c3c(SC(C)/C=C\C=C)cccc32)c1)C(/C=C/C(C)C)C/C=C/C1C=CC=CC1. The molecule has 2 nitrogen and oxygen atoms in total. The molecule has 0 bridgehead atoms. The van der Waals surface area contributed by atoms with E-state index < -0.39 is 5.41 Å². The second kappa shape index (κ2) is 21.7. The van der Waals surface area contributed by atoms with Gasteiger partial charge in [0.25, 0.3) is 0 Å². The van der Waals surface area contributed by atoms with Gasteiger partial charge in [-0.3, -0.25) is 0 Å². The van der Waals surface area contributed by atoms with E-state index in [0.717, 1.165) is 25.7 Å². The van der Waals surface area contributed by atoms with Crippen LogP contribution in [0.1, 0.15) is 63.1 Å². The third-order valence-electron chi connectivity index (χ3n) is 11.7. The molecule has 308 valence electrons. The zero-order valence-corrected chi connectivity index (χ0v) is 37.0. The van der Waals surface area contributed by atoms with Gasteiger partial charge in [0.2, 0.25) is 0 Å². The van der Waals surface area contributed by atoms with Crippen LogP contribution in [0.2, 0.25) is 0 Å². The maximum absolute atomic E-state index is 4.09. The van der Waals surface area contributed by atoms with Crippen LogP contribution < -0.4 is 9.80 Å². The first-order valence-electron chi connectivity index (χ1n) is 21.7. The molecule has 0 amide bonds. The van der Waals surface area contributed by atoms with Crippen LogP contribution >= 0.6 is 11.8 Å². The second-order valence-corrected chi connectivity index (χ2v) is 17.7. The molecule has 1 aliphatic heterocycles. The molecular weight excluding hydrogens is 745 g/mol. The molecule has 0 radical (unpaired) electrons. The summed E-state index contributed by atoms with van der Waals surface area (Å²) in [4.78, 5) is 6.37. The van der Waals surface area contributed by atoms with Crippen molar-refractivity contribution >= 4 is 28.8 Å². The standard InChI is InChI=1S/C57H64N2S/c1-8-11-16-34-49(33-13-10-3)59(50(42-41-44(4)5)35-23-29-46-27-17-14-18-28-46)51-36-24-32-48(43-51)57(47-30-19-15-20-31-47)52-37-21-22-39-54(52)58(7)56-53(57)38-25-40-55(56)60-45(6)26-12-9-2/h8-27,29-30,32-33,36-47,49-50H,1-3,28,31,34-35H2,4-7H3/b16-11-,26-12-,29-23+,33-13-,42-41+. The Morgan fingerprint density at radius 3 is 2.17 bits per heavy atom. The van der Waals surface area contributed by atoms with Gasteiger partial charge in [-0.25, -0.2) is 0 Å². The molecule has 60 heavy (non-hydrogen) atoms. The number of benzene rings is 3. The summed E-state index contributed by atoms with van der Waals surface area (Å²) in [7, 11) is 2.25. The highest BCUT2D eigenvalue weighted by Gasteiger charge is 2.49. The molecule has 6 rings (SSSR count). The van der Waals surface area contributed by atoms with Crippen molar-refractivity contribution in [2.75, 3.05) is 16.8 Å². The van der Waals surface area contributed by atoms with Gasteiger partial charge in [-0.15, -0.1) is 11.8 Å². The van der Waals surface area contributed by atoms with Crippen LogP contribution in [0, 0.1) is 17.8 Å². The largest absolute Gasteiger partial charge is 0.358 e. The molecule has 6 unspecified atom stereocenters. The van der Waals surface area contributed by atoms with Crippen LogP contribution in [-0.4, -0.2) is 24.4 Å². The maximum atomic E-state index is 4.09. The smallest absolute Gasteiger partial charge is 0.0591 e. The number of para-hydroxylation sites is 2. The lowest BCUT2D eigenvalue weighted by atomic mass is 9.58. The summed E-state index contributed by atoms with van der Waals surface area (Å²) in [5, 5.41) is 0.273. The van der Waals surface area contributed by atoms with Gasteiger partial charge in [0.05, 0.1) is 23.2 Å². The average molecular weight is 809 g/mol. The Balaban J connectivity index is 1.61. The Hall–Kier alpha value is -5.51. The topological polar surface area (TPSA) is 6.48 Å². The first-order chi connectivity index (χ1) is 29.3. The number of fused-ring (bicyclic) bond motifs is 2. The van der Waals surface area contributed by atoms with Gasteiger partial charge in [-0.1, -0.05) is 204 Å². The lowest BCUT2D eigenvalue weighted by Crippen LogP contribution is -2.44. The third-order valence-corrected chi connectivity index (χ3v) is 12.9. The number of allylic oxidation sites excluding steroid dienone is 16. The zero-order valence-electron chi connectivity index (χ0n) is 36.2. The molecule has 3 aromatic carbocycles. The average Bonchev–Trinajstić information content (AvgIpc) is 3.27. The highest BCUT2D eigenvalue weighted by molar-refractivity contribution is 8.00. The number of hydrogen-bond acceptors (Lipinski definition) is 3. The summed E-state index contributed by atoms with van der Waals surface area (Å²) in [6.45, 7) is 18.8. The molecule has 0 aromatic heterocycles. The highest BCUT2D eigenvalue weighted by Crippen LogP contribution is 2.59. The van der Waals surface area contributed by atoms with E-state index in [9.17, 15) is 0 Å². The normalized spacial score (nSPS) is 21.3. The van der Waals surface area contributed by atoms with Gasteiger partial charge in [0, 0.05) is 28.6 Å². The van der Waals surface area contributed by atoms with Gasteiger partial charge in [-0.2, -0.15) is 0 Å². The van der Waals surface area contributed by atoms with Crippen molar-refractivity contribution in [3.8, 4) is 0 Å². The first kappa shape index (κ1) is 44.1. The number of anilines is 3. The lowest BCUT2D eigenvalue weighted by Gasteiger charge is -2.49. The fourth-order valence-electron chi connectivity index (χ4n) is 9.06. The van der Waals surface area contributed by atoms with E-state index in [1.165, 1.54) is 38.6 Å². The fraction of sp³-hybridized carbons (Fsp3) is 0.263. The first-order valence-corrected chi connectivity index (χ1v) is 22.6. The van der Waals surface area contributed by atoms with Gasteiger partial charge < -0.3 is 9.80 Å². The van der Waals surface area contributed by atoms with Crippen molar-refractivity contribution in [2.24, 2.45) is 17.8 Å². The Morgan fingerprint density at radius 2 is 1.43 bits per heavy atom. The minimum absolute atomic E-state index is 0.0563.